The lowest BCUT2D eigenvalue weighted by atomic mass is 9.85. The molecular formula is C31H38FN3O5S. The van der Waals surface area contributed by atoms with Crippen molar-refractivity contribution in [2.45, 2.75) is 75.3 Å². The summed E-state index contributed by atoms with van der Waals surface area (Å²) < 4.78 is 49.8. The molecule has 1 amide bonds. The number of hydrogen-bond acceptors (Lipinski definition) is 5. The molecule has 1 atom stereocenters. The fourth-order valence-corrected chi connectivity index (χ4v) is 7.60. The van der Waals surface area contributed by atoms with Gasteiger partial charge in [-0.15, -0.1) is 0 Å². The third-order valence-electron chi connectivity index (χ3n) is 8.51. The number of ether oxygens (including phenoxy) is 1. The average Bonchev–Trinajstić information content (AvgIpc) is 3.57. The molecule has 8 nitrogen and oxygen atoms in total. The van der Waals surface area contributed by atoms with E-state index in [9.17, 15) is 22.4 Å². The van der Waals surface area contributed by atoms with Crippen molar-refractivity contribution in [1.29, 1.82) is 0 Å². The van der Waals surface area contributed by atoms with E-state index in [-0.39, 0.29) is 47.0 Å². The minimum absolute atomic E-state index is 0.0302. The predicted octanol–water partition coefficient (Wildman–Crippen LogP) is 5.01. The molecule has 2 aromatic carbocycles. The Morgan fingerprint density at radius 1 is 1.02 bits per heavy atom. The number of carbonyl (C=O) groups is 2. The minimum Gasteiger partial charge on any atom is -0.466 e. The number of sulfonamides is 1. The molecule has 2 fully saturated rings. The fourth-order valence-electron chi connectivity index (χ4n) is 6.28. The zero-order valence-electron chi connectivity index (χ0n) is 23.6. The van der Waals surface area contributed by atoms with Gasteiger partial charge in [-0.05, 0) is 93.2 Å². The number of nitrogens with one attached hydrogen (secondary N) is 1. The highest BCUT2D eigenvalue weighted by Gasteiger charge is 2.36. The maximum absolute atomic E-state index is 13.4. The smallest absolute Gasteiger partial charge is 0.306 e. The van der Waals surface area contributed by atoms with Crippen molar-refractivity contribution < 1.29 is 27.1 Å². The minimum atomic E-state index is -3.76. The number of esters is 1. The summed E-state index contributed by atoms with van der Waals surface area (Å²) in [6.07, 6.45) is 4.99. The topological polar surface area (TPSA) is 97.7 Å². The molecule has 1 saturated heterocycles. The van der Waals surface area contributed by atoms with Crippen LogP contribution in [-0.2, 0) is 37.8 Å². The van der Waals surface area contributed by atoms with E-state index in [1.165, 1.54) is 12.1 Å². The molecule has 3 aromatic rings. The van der Waals surface area contributed by atoms with Gasteiger partial charge in [-0.3, -0.25) is 9.59 Å². The SMILES string of the molecule is CCOC(=O)CCc1cc2ccc(S(=O)(=O)NC3CCC(C(=O)N4CCCC4c4ccc(F)cc4)CC3)cc2n1C. The van der Waals surface area contributed by atoms with Crippen LogP contribution in [0.3, 0.4) is 0 Å². The van der Waals surface area contributed by atoms with Gasteiger partial charge >= 0.3 is 5.97 Å². The molecule has 1 aliphatic heterocycles. The number of hydrogen-bond donors (Lipinski definition) is 1. The molecular weight excluding hydrogens is 545 g/mol. The van der Waals surface area contributed by atoms with E-state index >= 15 is 0 Å². The second-order valence-electron chi connectivity index (χ2n) is 11.1. The lowest BCUT2D eigenvalue weighted by Gasteiger charge is -2.33. The van der Waals surface area contributed by atoms with Gasteiger partial charge < -0.3 is 14.2 Å². The Bertz CT molecular complexity index is 1510. The molecule has 1 aliphatic carbocycles. The normalized spacial score (nSPS) is 21.3. The largest absolute Gasteiger partial charge is 0.466 e. The van der Waals surface area contributed by atoms with E-state index in [0.717, 1.165) is 35.0 Å². The van der Waals surface area contributed by atoms with Gasteiger partial charge in [-0.1, -0.05) is 18.2 Å². The molecule has 1 saturated carbocycles. The van der Waals surface area contributed by atoms with Gasteiger partial charge in [0.1, 0.15) is 5.82 Å². The van der Waals surface area contributed by atoms with Gasteiger partial charge in [0.05, 0.1) is 24.0 Å². The van der Waals surface area contributed by atoms with E-state index in [1.54, 1.807) is 37.3 Å². The lowest BCUT2D eigenvalue weighted by Crippen LogP contribution is -2.42. The van der Waals surface area contributed by atoms with Crippen LogP contribution in [0.25, 0.3) is 10.9 Å². The van der Waals surface area contributed by atoms with Crippen LogP contribution < -0.4 is 4.72 Å². The molecule has 0 spiro atoms. The van der Waals surface area contributed by atoms with Crippen molar-refractivity contribution >= 4 is 32.8 Å². The van der Waals surface area contributed by atoms with Crippen molar-refractivity contribution in [3.05, 3.63) is 65.6 Å². The zero-order valence-corrected chi connectivity index (χ0v) is 24.5. The standard InChI is InChI=1S/C31H38FN3O5S/c1-3-40-30(36)17-15-26-19-23-10-16-27(20-29(23)34(26)2)41(38,39)33-25-13-8-22(9-14-25)31(37)35-18-4-5-28(35)21-6-11-24(32)12-7-21/h6-7,10-12,16,19-20,22,25,28,33H,3-5,8-9,13-15,17-18H2,1-2H3. The Morgan fingerprint density at radius 3 is 2.46 bits per heavy atom. The van der Waals surface area contributed by atoms with Gasteiger partial charge in [-0.25, -0.2) is 17.5 Å². The van der Waals surface area contributed by atoms with Crippen LogP contribution in [0.5, 0.6) is 0 Å². The summed E-state index contributed by atoms with van der Waals surface area (Å²) >= 11 is 0. The van der Waals surface area contributed by atoms with Crippen LogP contribution >= 0.6 is 0 Å². The molecule has 10 heteroatoms. The summed E-state index contributed by atoms with van der Waals surface area (Å²) in [5.74, 6) is -0.560. The Labute approximate surface area is 240 Å². The second kappa shape index (κ2) is 12.3. The number of carbonyl (C=O) groups excluding carboxylic acids is 2. The number of nitrogens with zero attached hydrogens (tertiary/aromatic N) is 2. The number of likely N-dealkylation sites (tertiary alicyclic amines) is 1. The average molecular weight is 584 g/mol. The number of rotatable bonds is 9. The highest BCUT2D eigenvalue weighted by Crippen LogP contribution is 2.36. The number of amides is 1. The summed E-state index contributed by atoms with van der Waals surface area (Å²) in [5, 5.41) is 0.908. The molecule has 1 unspecified atom stereocenters. The number of aromatic nitrogens is 1. The van der Waals surface area contributed by atoms with Crippen molar-refractivity contribution in [1.82, 2.24) is 14.2 Å². The molecule has 2 aliphatic rings. The maximum atomic E-state index is 13.4. The number of halogens is 1. The Balaban J connectivity index is 1.19. The number of benzene rings is 2. The number of aryl methyl sites for hydroxylation is 2. The van der Waals surface area contributed by atoms with Gasteiger partial charge in [0.2, 0.25) is 15.9 Å². The fraction of sp³-hybridized carbons (Fsp3) is 0.484. The Morgan fingerprint density at radius 2 is 1.76 bits per heavy atom. The summed E-state index contributed by atoms with van der Waals surface area (Å²) in [4.78, 5) is 27.3. The Hall–Kier alpha value is -3.24. The van der Waals surface area contributed by atoms with Crippen LogP contribution in [0.15, 0.2) is 53.4 Å². The molecule has 1 N–H and O–H groups in total. The van der Waals surface area contributed by atoms with Crippen molar-refractivity contribution in [3.8, 4) is 0 Å². The van der Waals surface area contributed by atoms with Crippen molar-refractivity contribution in [2.75, 3.05) is 13.2 Å². The molecule has 2 heterocycles. The van der Waals surface area contributed by atoms with Crippen molar-refractivity contribution in [3.63, 3.8) is 0 Å². The van der Waals surface area contributed by atoms with E-state index < -0.39 is 10.0 Å². The molecule has 41 heavy (non-hydrogen) atoms. The molecule has 0 bridgehead atoms. The van der Waals surface area contributed by atoms with E-state index in [4.69, 9.17) is 4.74 Å². The second-order valence-corrected chi connectivity index (χ2v) is 12.8. The number of fused-ring (bicyclic) bond motifs is 1. The van der Waals surface area contributed by atoms with Crippen LogP contribution in [0.1, 0.15) is 69.2 Å². The van der Waals surface area contributed by atoms with Crippen LogP contribution in [0, 0.1) is 11.7 Å². The summed E-state index contributed by atoms with van der Waals surface area (Å²) in [6, 6.07) is 13.2. The van der Waals surface area contributed by atoms with Gasteiger partial charge in [-0.2, -0.15) is 0 Å². The first-order valence-electron chi connectivity index (χ1n) is 14.5. The quantitative estimate of drug-likeness (QED) is 0.357. The monoisotopic (exact) mass is 583 g/mol. The van der Waals surface area contributed by atoms with Gasteiger partial charge in [0.15, 0.2) is 0 Å². The molecule has 1 aromatic heterocycles. The van der Waals surface area contributed by atoms with E-state index in [1.807, 2.05) is 22.6 Å². The van der Waals surface area contributed by atoms with E-state index in [2.05, 4.69) is 4.72 Å². The molecule has 220 valence electrons. The van der Waals surface area contributed by atoms with Crippen LogP contribution in [0.2, 0.25) is 0 Å². The third-order valence-corrected chi connectivity index (χ3v) is 10.0. The molecule has 0 radical (unpaired) electrons. The zero-order chi connectivity index (χ0) is 29.1. The first kappa shape index (κ1) is 29.3. The summed E-state index contributed by atoms with van der Waals surface area (Å²) in [7, 11) is -1.89. The van der Waals surface area contributed by atoms with Gasteiger partial charge in [0, 0.05) is 36.8 Å². The summed E-state index contributed by atoms with van der Waals surface area (Å²) in [5.41, 5.74) is 2.67. The first-order chi connectivity index (χ1) is 19.7. The van der Waals surface area contributed by atoms with Gasteiger partial charge in [0.25, 0.3) is 0 Å². The maximum Gasteiger partial charge on any atom is 0.306 e. The molecule has 5 rings (SSSR count). The highest BCUT2D eigenvalue weighted by molar-refractivity contribution is 7.89. The summed E-state index contributed by atoms with van der Waals surface area (Å²) in [6.45, 7) is 2.81. The third kappa shape index (κ3) is 6.48. The Kier molecular flexibility index (Phi) is 8.79. The van der Waals surface area contributed by atoms with Crippen molar-refractivity contribution in [2.24, 2.45) is 13.0 Å². The predicted molar refractivity (Wildman–Crippen MR) is 154 cm³/mol. The van der Waals surface area contributed by atoms with Crippen LogP contribution in [0.4, 0.5) is 4.39 Å². The lowest BCUT2D eigenvalue weighted by molar-refractivity contribution is -0.143. The van der Waals surface area contributed by atoms with E-state index in [0.29, 0.717) is 45.3 Å². The highest BCUT2D eigenvalue weighted by atomic mass is 32.2. The first-order valence-corrected chi connectivity index (χ1v) is 16.0. The van der Waals surface area contributed by atoms with Crippen LogP contribution in [-0.4, -0.2) is 49.0 Å².